The molecule has 6 heteroatoms. The standard InChI is InChI=1S/C14H12FN3O2/c1-9-5-4-8-12(16-9)14(20)18-17-13(19)10-6-2-3-7-11(10)15/h2-8H,1H3,(H,17,19)(H,18,20). The molecule has 0 atom stereocenters. The number of pyridine rings is 1. The SMILES string of the molecule is Cc1cccc(C(=O)NNC(=O)c2ccccc2F)n1. The Balaban J connectivity index is 2.01. The van der Waals surface area contributed by atoms with Gasteiger partial charge in [-0.3, -0.25) is 20.4 Å². The van der Waals surface area contributed by atoms with Crippen molar-refractivity contribution in [1.82, 2.24) is 15.8 Å². The number of carbonyl (C=O) groups excluding carboxylic acids is 2. The van der Waals surface area contributed by atoms with E-state index < -0.39 is 17.6 Å². The molecule has 2 rings (SSSR count). The Hall–Kier alpha value is -2.76. The number of hydrogen-bond acceptors (Lipinski definition) is 3. The summed E-state index contributed by atoms with van der Waals surface area (Å²) in [6.45, 7) is 1.74. The molecule has 0 spiro atoms. The van der Waals surface area contributed by atoms with Crippen LogP contribution in [0.4, 0.5) is 4.39 Å². The van der Waals surface area contributed by atoms with Gasteiger partial charge in [-0.25, -0.2) is 9.37 Å². The normalized spacial score (nSPS) is 9.90. The second-order valence-electron chi connectivity index (χ2n) is 4.05. The van der Waals surface area contributed by atoms with E-state index >= 15 is 0 Å². The Kier molecular flexibility index (Phi) is 4.05. The van der Waals surface area contributed by atoms with Crippen molar-refractivity contribution < 1.29 is 14.0 Å². The number of nitrogens with one attached hydrogen (secondary N) is 2. The molecule has 102 valence electrons. The number of benzene rings is 1. The molecule has 0 bridgehead atoms. The molecule has 0 aliphatic heterocycles. The van der Waals surface area contributed by atoms with Crippen LogP contribution in [0, 0.1) is 12.7 Å². The number of carbonyl (C=O) groups is 2. The van der Waals surface area contributed by atoms with Crippen LogP contribution in [0.15, 0.2) is 42.5 Å². The van der Waals surface area contributed by atoms with Crippen LogP contribution in [-0.4, -0.2) is 16.8 Å². The maximum absolute atomic E-state index is 13.4. The number of aromatic nitrogens is 1. The van der Waals surface area contributed by atoms with E-state index in [1.54, 1.807) is 19.1 Å². The number of aryl methyl sites for hydroxylation is 1. The molecular formula is C14H12FN3O2. The van der Waals surface area contributed by atoms with Crippen LogP contribution in [0.5, 0.6) is 0 Å². The van der Waals surface area contributed by atoms with E-state index in [0.717, 1.165) is 0 Å². The lowest BCUT2D eigenvalue weighted by atomic mass is 10.2. The van der Waals surface area contributed by atoms with Crippen molar-refractivity contribution in [2.24, 2.45) is 0 Å². The third kappa shape index (κ3) is 3.17. The van der Waals surface area contributed by atoms with Crippen LogP contribution in [0.25, 0.3) is 0 Å². The molecule has 0 unspecified atom stereocenters. The predicted octanol–water partition coefficient (Wildman–Crippen LogP) is 1.60. The number of hydrogen-bond donors (Lipinski definition) is 2. The molecule has 0 aliphatic carbocycles. The highest BCUT2D eigenvalue weighted by Crippen LogP contribution is 2.05. The minimum absolute atomic E-state index is 0.148. The number of rotatable bonds is 2. The zero-order valence-electron chi connectivity index (χ0n) is 10.7. The van der Waals surface area contributed by atoms with E-state index in [-0.39, 0.29) is 11.3 Å². The second kappa shape index (κ2) is 5.92. The van der Waals surface area contributed by atoms with Gasteiger partial charge in [0, 0.05) is 5.69 Å². The maximum Gasteiger partial charge on any atom is 0.288 e. The first-order chi connectivity index (χ1) is 9.58. The van der Waals surface area contributed by atoms with Gasteiger partial charge in [-0.2, -0.15) is 0 Å². The Morgan fingerprint density at radius 1 is 1.00 bits per heavy atom. The van der Waals surface area contributed by atoms with Crippen molar-refractivity contribution in [3.8, 4) is 0 Å². The van der Waals surface area contributed by atoms with Crippen molar-refractivity contribution in [2.45, 2.75) is 6.92 Å². The van der Waals surface area contributed by atoms with E-state index in [9.17, 15) is 14.0 Å². The molecule has 2 amide bonds. The van der Waals surface area contributed by atoms with Crippen LogP contribution in [0.1, 0.15) is 26.5 Å². The van der Waals surface area contributed by atoms with Gasteiger partial charge in [-0.1, -0.05) is 18.2 Å². The Morgan fingerprint density at radius 2 is 1.70 bits per heavy atom. The zero-order chi connectivity index (χ0) is 14.5. The molecule has 1 aromatic carbocycles. The average molecular weight is 273 g/mol. The van der Waals surface area contributed by atoms with E-state index in [2.05, 4.69) is 15.8 Å². The lowest BCUT2D eigenvalue weighted by Crippen LogP contribution is -2.42. The highest BCUT2D eigenvalue weighted by molar-refractivity contribution is 5.98. The summed E-state index contributed by atoms with van der Waals surface area (Å²) in [7, 11) is 0. The zero-order valence-corrected chi connectivity index (χ0v) is 10.7. The summed E-state index contributed by atoms with van der Waals surface area (Å²) in [6, 6.07) is 10.4. The Morgan fingerprint density at radius 3 is 2.40 bits per heavy atom. The second-order valence-corrected chi connectivity index (χ2v) is 4.05. The fourth-order valence-corrected chi connectivity index (χ4v) is 1.56. The van der Waals surface area contributed by atoms with Gasteiger partial charge in [-0.05, 0) is 31.2 Å². The van der Waals surface area contributed by atoms with Crippen LogP contribution in [-0.2, 0) is 0 Å². The molecule has 0 saturated carbocycles. The van der Waals surface area contributed by atoms with E-state index in [1.807, 2.05) is 0 Å². The topological polar surface area (TPSA) is 71.1 Å². The third-order valence-corrected chi connectivity index (χ3v) is 2.53. The molecule has 20 heavy (non-hydrogen) atoms. The van der Waals surface area contributed by atoms with Crippen LogP contribution < -0.4 is 10.9 Å². The first kappa shape index (κ1) is 13.7. The van der Waals surface area contributed by atoms with Gasteiger partial charge in [-0.15, -0.1) is 0 Å². The molecule has 2 N–H and O–H groups in total. The van der Waals surface area contributed by atoms with Crippen molar-refractivity contribution >= 4 is 11.8 Å². The average Bonchev–Trinajstić information content (AvgIpc) is 2.45. The summed E-state index contributed by atoms with van der Waals surface area (Å²) >= 11 is 0. The molecule has 1 heterocycles. The molecule has 0 fully saturated rings. The third-order valence-electron chi connectivity index (χ3n) is 2.53. The summed E-state index contributed by atoms with van der Waals surface area (Å²) in [5.74, 6) is -1.96. The number of hydrazine groups is 1. The number of nitrogens with zero attached hydrogens (tertiary/aromatic N) is 1. The fraction of sp³-hybridized carbons (Fsp3) is 0.0714. The summed E-state index contributed by atoms with van der Waals surface area (Å²) in [5.41, 5.74) is 5.02. The molecule has 1 aromatic heterocycles. The lowest BCUT2D eigenvalue weighted by Gasteiger charge is -2.07. The van der Waals surface area contributed by atoms with Gasteiger partial charge < -0.3 is 0 Å². The van der Waals surface area contributed by atoms with Crippen LogP contribution >= 0.6 is 0 Å². The summed E-state index contributed by atoms with van der Waals surface area (Å²) in [6.07, 6.45) is 0. The van der Waals surface area contributed by atoms with Gasteiger partial charge in [0.15, 0.2) is 0 Å². The van der Waals surface area contributed by atoms with E-state index in [0.29, 0.717) is 5.69 Å². The van der Waals surface area contributed by atoms with E-state index in [1.165, 1.54) is 30.3 Å². The Bertz CT molecular complexity index is 658. The van der Waals surface area contributed by atoms with E-state index in [4.69, 9.17) is 0 Å². The van der Waals surface area contributed by atoms with Gasteiger partial charge in [0.25, 0.3) is 11.8 Å². The fourth-order valence-electron chi connectivity index (χ4n) is 1.56. The Labute approximate surface area is 114 Å². The maximum atomic E-state index is 13.4. The molecule has 0 saturated heterocycles. The predicted molar refractivity (Wildman–Crippen MR) is 70.3 cm³/mol. The van der Waals surface area contributed by atoms with Crippen LogP contribution in [0.3, 0.4) is 0 Å². The first-order valence-corrected chi connectivity index (χ1v) is 5.87. The quantitative estimate of drug-likeness (QED) is 0.816. The molecule has 2 aromatic rings. The van der Waals surface area contributed by atoms with Gasteiger partial charge in [0.05, 0.1) is 5.56 Å². The molecule has 0 radical (unpaired) electrons. The van der Waals surface area contributed by atoms with Gasteiger partial charge >= 0.3 is 0 Å². The van der Waals surface area contributed by atoms with Crippen molar-refractivity contribution in [2.75, 3.05) is 0 Å². The molecule has 5 nitrogen and oxygen atoms in total. The van der Waals surface area contributed by atoms with Crippen molar-refractivity contribution in [3.63, 3.8) is 0 Å². The minimum atomic E-state index is -0.732. The summed E-state index contributed by atoms with van der Waals surface area (Å²) in [4.78, 5) is 27.4. The first-order valence-electron chi connectivity index (χ1n) is 5.87. The van der Waals surface area contributed by atoms with Gasteiger partial charge in [0.2, 0.25) is 0 Å². The molecular weight excluding hydrogens is 261 g/mol. The smallest absolute Gasteiger partial charge is 0.267 e. The van der Waals surface area contributed by atoms with Crippen molar-refractivity contribution in [1.29, 1.82) is 0 Å². The molecule has 0 aliphatic rings. The van der Waals surface area contributed by atoms with Gasteiger partial charge in [0.1, 0.15) is 11.5 Å². The van der Waals surface area contributed by atoms with Crippen molar-refractivity contribution in [3.05, 3.63) is 65.2 Å². The number of halogens is 1. The lowest BCUT2D eigenvalue weighted by molar-refractivity contribution is 0.0841. The highest BCUT2D eigenvalue weighted by Gasteiger charge is 2.12. The highest BCUT2D eigenvalue weighted by atomic mass is 19.1. The summed E-state index contributed by atoms with van der Waals surface area (Å²) < 4.78 is 13.4. The monoisotopic (exact) mass is 273 g/mol. The summed E-state index contributed by atoms with van der Waals surface area (Å²) in [5, 5.41) is 0. The number of amides is 2. The minimum Gasteiger partial charge on any atom is -0.267 e. The largest absolute Gasteiger partial charge is 0.288 e. The van der Waals surface area contributed by atoms with Crippen LogP contribution in [0.2, 0.25) is 0 Å².